The first-order valence-electron chi connectivity index (χ1n) is 4.82. The number of hydrogen-bond acceptors (Lipinski definition) is 3. The molecule has 2 N–H and O–H groups in total. The number of aromatic hydroxyl groups is 1. The summed E-state index contributed by atoms with van der Waals surface area (Å²) in [5.74, 6) is 0.563. The second kappa shape index (κ2) is 4.10. The van der Waals surface area contributed by atoms with E-state index in [1.165, 1.54) is 7.05 Å². The van der Waals surface area contributed by atoms with Gasteiger partial charge in [0.2, 0.25) is 0 Å². The van der Waals surface area contributed by atoms with Gasteiger partial charge >= 0.3 is 6.09 Å². The zero-order valence-corrected chi connectivity index (χ0v) is 8.73. The second-order valence-electron chi connectivity index (χ2n) is 3.30. The zero-order chi connectivity index (χ0) is 11.5. The van der Waals surface area contributed by atoms with Crippen LogP contribution in [0.5, 0.6) is 11.5 Å². The van der Waals surface area contributed by atoms with E-state index in [1.54, 1.807) is 30.3 Å². The van der Waals surface area contributed by atoms with Gasteiger partial charge in [0.15, 0.2) is 0 Å². The number of benzene rings is 2. The molecule has 0 fully saturated rings. The largest absolute Gasteiger partial charge is 0.508 e. The maximum absolute atomic E-state index is 11.1. The lowest BCUT2D eigenvalue weighted by Crippen LogP contribution is -2.22. The molecule has 0 saturated carbocycles. The molecule has 2 aromatic carbocycles. The monoisotopic (exact) mass is 217 g/mol. The van der Waals surface area contributed by atoms with E-state index < -0.39 is 6.09 Å². The molecule has 1 amide bonds. The molecule has 2 rings (SSSR count). The van der Waals surface area contributed by atoms with E-state index in [1.807, 2.05) is 6.07 Å². The summed E-state index contributed by atoms with van der Waals surface area (Å²) in [5.41, 5.74) is 0. The van der Waals surface area contributed by atoms with Crippen molar-refractivity contribution in [3.8, 4) is 11.5 Å². The molecule has 82 valence electrons. The van der Waals surface area contributed by atoms with Crippen LogP contribution in [0.1, 0.15) is 0 Å². The summed E-state index contributed by atoms with van der Waals surface area (Å²) in [6.45, 7) is 0. The fraction of sp³-hybridized carbons (Fsp3) is 0.0833. The number of hydrogen-bond donors (Lipinski definition) is 2. The minimum Gasteiger partial charge on any atom is -0.508 e. The molecule has 0 atom stereocenters. The Labute approximate surface area is 92.5 Å². The Hall–Kier alpha value is -2.23. The lowest BCUT2D eigenvalue weighted by molar-refractivity contribution is 0.203. The molecule has 0 aliphatic rings. The van der Waals surface area contributed by atoms with E-state index in [2.05, 4.69) is 5.32 Å². The molecule has 4 heteroatoms. The molecule has 0 saturated heterocycles. The molecule has 0 radical (unpaired) electrons. The Bertz CT molecular complexity index is 537. The van der Waals surface area contributed by atoms with Crippen molar-refractivity contribution in [3.63, 3.8) is 0 Å². The summed E-state index contributed by atoms with van der Waals surface area (Å²) in [6.07, 6.45) is -0.532. The van der Waals surface area contributed by atoms with Crippen molar-refractivity contribution in [2.24, 2.45) is 0 Å². The van der Waals surface area contributed by atoms with Gasteiger partial charge in [-0.3, -0.25) is 0 Å². The molecule has 0 aliphatic heterocycles. The minimum absolute atomic E-state index is 0.139. The van der Waals surface area contributed by atoms with Gasteiger partial charge in [0.1, 0.15) is 11.5 Å². The summed E-state index contributed by atoms with van der Waals surface area (Å²) < 4.78 is 5.07. The number of phenols is 1. The van der Waals surface area contributed by atoms with E-state index in [9.17, 15) is 9.90 Å². The molecule has 0 unspecified atom stereocenters. The van der Waals surface area contributed by atoms with Crippen LogP contribution in [0.15, 0.2) is 36.4 Å². The average molecular weight is 217 g/mol. The SMILES string of the molecule is CNC(=O)Oc1cccc2ccc(O)cc12. The van der Waals surface area contributed by atoms with Crippen molar-refractivity contribution >= 4 is 16.9 Å². The second-order valence-corrected chi connectivity index (χ2v) is 3.30. The Morgan fingerprint density at radius 2 is 2.12 bits per heavy atom. The van der Waals surface area contributed by atoms with Gasteiger partial charge in [0.25, 0.3) is 0 Å². The fourth-order valence-electron chi connectivity index (χ4n) is 1.47. The third-order valence-corrected chi connectivity index (χ3v) is 2.23. The van der Waals surface area contributed by atoms with Gasteiger partial charge in [-0.25, -0.2) is 4.79 Å². The van der Waals surface area contributed by atoms with Crippen molar-refractivity contribution in [1.82, 2.24) is 5.32 Å². The van der Waals surface area contributed by atoms with Crippen LogP contribution in [0.3, 0.4) is 0 Å². The van der Waals surface area contributed by atoms with Crippen molar-refractivity contribution in [3.05, 3.63) is 36.4 Å². The minimum atomic E-state index is -0.532. The van der Waals surface area contributed by atoms with Crippen LogP contribution in [0, 0.1) is 0 Å². The fourth-order valence-corrected chi connectivity index (χ4v) is 1.47. The maximum atomic E-state index is 11.1. The summed E-state index contributed by atoms with van der Waals surface area (Å²) in [4.78, 5) is 11.1. The number of ether oxygens (including phenoxy) is 1. The number of fused-ring (bicyclic) bond motifs is 1. The van der Waals surface area contributed by atoms with Gasteiger partial charge in [-0.1, -0.05) is 18.2 Å². The molecular weight excluding hydrogens is 206 g/mol. The average Bonchev–Trinajstić information content (AvgIpc) is 2.29. The molecule has 2 aromatic rings. The highest BCUT2D eigenvalue weighted by molar-refractivity contribution is 5.91. The summed E-state index contributed by atoms with van der Waals surface area (Å²) in [5, 5.41) is 13.4. The molecule has 0 aliphatic carbocycles. The maximum Gasteiger partial charge on any atom is 0.412 e. The summed E-state index contributed by atoms with van der Waals surface area (Å²) >= 11 is 0. The van der Waals surface area contributed by atoms with E-state index in [4.69, 9.17) is 4.74 Å². The highest BCUT2D eigenvalue weighted by atomic mass is 16.6. The topological polar surface area (TPSA) is 58.6 Å². The lowest BCUT2D eigenvalue weighted by atomic mass is 10.1. The van der Waals surface area contributed by atoms with Crippen LogP contribution in [0.4, 0.5) is 4.79 Å². The van der Waals surface area contributed by atoms with Gasteiger partial charge in [0, 0.05) is 12.4 Å². The number of amides is 1. The summed E-state index contributed by atoms with van der Waals surface area (Å²) in [6, 6.07) is 10.3. The van der Waals surface area contributed by atoms with E-state index in [-0.39, 0.29) is 5.75 Å². The van der Waals surface area contributed by atoms with Gasteiger partial charge in [0.05, 0.1) is 0 Å². The molecule has 0 heterocycles. The number of nitrogens with one attached hydrogen (secondary N) is 1. The highest BCUT2D eigenvalue weighted by Crippen LogP contribution is 2.28. The van der Waals surface area contributed by atoms with Crippen LogP contribution >= 0.6 is 0 Å². The van der Waals surface area contributed by atoms with E-state index in [0.29, 0.717) is 11.1 Å². The predicted molar refractivity (Wildman–Crippen MR) is 60.7 cm³/mol. The molecule has 16 heavy (non-hydrogen) atoms. The van der Waals surface area contributed by atoms with Crippen LogP contribution < -0.4 is 10.1 Å². The number of phenolic OH excluding ortho intramolecular Hbond substituents is 1. The highest BCUT2D eigenvalue weighted by Gasteiger charge is 2.06. The predicted octanol–water partition coefficient (Wildman–Crippen LogP) is 2.26. The van der Waals surface area contributed by atoms with Crippen LogP contribution in [0.25, 0.3) is 10.8 Å². The molecule has 4 nitrogen and oxygen atoms in total. The Balaban J connectivity index is 2.52. The quantitative estimate of drug-likeness (QED) is 0.770. The van der Waals surface area contributed by atoms with Gasteiger partial charge in [-0.2, -0.15) is 0 Å². The van der Waals surface area contributed by atoms with Gasteiger partial charge in [-0.05, 0) is 23.6 Å². The van der Waals surface area contributed by atoms with Crippen LogP contribution in [0.2, 0.25) is 0 Å². The lowest BCUT2D eigenvalue weighted by Gasteiger charge is -2.07. The van der Waals surface area contributed by atoms with Gasteiger partial charge in [-0.15, -0.1) is 0 Å². The van der Waals surface area contributed by atoms with Crippen molar-refractivity contribution in [2.75, 3.05) is 7.05 Å². The Morgan fingerprint density at radius 3 is 2.88 bits per heavy atom. The third kappa shape index (κ3) is 1.91. The Kier molecular flexibility index (Phi) is 2.64. The standard InChI is InChI=1S/C12H11NO3/c1-13-12(15)16-11-4-2-3-8-5-6-9(14)7-10(8)11/h2-7,14H,1H3,(H,13,15). The van der Waals surface area contributed by atoms with E-state index >= 15 is 0 Å². The Morgan fingerprint density at radius 1 is 1.31 bits per heavy atom. The van der Waals surface area contributed by atoms with Crippen molar-refractivity contribution < 1.29 is 14.6 Å². The normalized spacial score (nSPS) is 10.1. The van der Waals surface area contributed by atoms with Gasteiger partial charge < -0.3 is 15.2 Å². The van der Waals surface area contributed by atoms with E-state index in [0.717, 1.165) is 5.39 Å². The summed E-state index contributed by atoms with van der Waals surface area (Å²) in [7, 11) is 1.49. The molecular formula is C12H11NO3. The first-order chi connectivity index (χ1) is 7.70. The van der Waals surface area contributed by atoms with Crippen molar-refractivity contribution in [2.45, 2.75) is 0 Å². The first kappa shape index (κ1) is 10.3. The zero-order valence-electron chi connectivity index (χ0n) is 8.73. The molecule has 0 aromatic heterocycles. The first-order valence-corrected chi connectivity index (χ1v) is 4.82. The smallest absolute Gasteiger partial charge is 0.412 e. The molecule has 0 spiro atoms. The number of rotatable bonds is 1. The number of carbonyl (C=O) groups is 1. The third-order valence-electron chi connectivity index (χ3n) is 2.23. The van der Waals surface area contributed by atoms with Crippen LogP contribution in [-0.2, 0) is 0 Å². The van der Waals surface area contributed by atoms with Crippen molar-refractivity contribution in [1.29, 1.82) is 0 Å². The number of carbonyl (C=O) groups excluding carboxylic acids is 1. The van der Waals surface area contributed by atoms with Crippen LogP contribution in [-0.4, -0.2) is 18.2 Å². The molecule has 0 bridgehead atoms.